The molecule has 1 aromatic carbocycles. The van der Waals surface area contributed by atoms with E-state index in [0.29, 0.717) is 0 Å². The third-order valence-corrected chi connectivity index (χ3v) is 5.20. The first-order valence-corrected chi connectivity index (χ1v) is 9.04. The van der Waals surface area contributed by atoms with Crippen LogP contribution in [-0.2, 0) is 11.2 Å². The maximum absolute atomic E-state index is 12.3. The first-order chi connectivity index (χ1) is 11.5. The highest BCUT2D eigenvalue weighted by Gasteiger charge is 2.40. The average Bonchev–Trinajstić information content (AvgIpc) is 2.97. The molecule has 1 aliphatic heterocycles. The Bertz CT molecular complexity index is 552. The zero-order chi connectivity index (χ0) is 17.0. The molecular formula is C19H28N2O3. The van der Waals surface area contributed by atoms with Crippen LogP contribution in [0.25, 0.3) is 0 Å². The van der Waals surface area contributed by atoms with Crippen molar-refractivity contribution in [2.45, 2.75) is 69.6 Å². The van der Waals surface area contributed by atoms with Gasteiger partial charge < -0.3 is 20.5 Å². The summed E-state index contributed by atoms with van der Waals surface area (Å²) in [6.07, 6.45) is 7.30. The van der Waals surface area contributed by atoms with E-state index in [9.17, 15) is 9.90 Å². The second-order valence-electron chi connectivity index (χ2n) is 7.32. The predicted octanol–water partition coefficient (Wildman–Crippen LogP) is 3.11. The van der Waals surface area contributed by atoms with Crippen LogP contribution in [0.2, 0.25) is 0 Å². The minimum atomic E-state index is -0.0960. The molecular weight excluding hydrogens is 304 g/mol. The molecule has 132 valence electrons. The highest BCUT2D eigenvalue weighted by atomic mass is 16.5. The van der Waals surface area contributed by atoms with Gasteiger partial charge >= 0.3 is 6.03 Å². The summed E-state index contributed by atoms with van der Waals surface area (Å²) >= 11 is 0. The van der Waals surface area contributed by atoms with Crippen molar-refractivity contribution >= 4 is 6.03 Å². The van der Waals surface area contributed by atoms with E-state index < -0.39 is 0 Å². The van der Waals surface area contributed by atoms with Crippen LogP contribution in [0.15, 0.2) is 24.3 Å². The molecule has 3 N–H and O–H groups in total. The van der Waals surface area contributed by atoms with E-state index in [4.69, 9.17) is 4.74 Å². The number of rotatable bonds is 4. The minimum Gasteiger partial charge on any atom is -0.508 e. The van der Waals surface area contributed by atoms with Crippen molar-refractivity contribution in [2.24, 2.45) is 0 Å². The van der Waals surface area contributed by atoms with Gasteiger partial charge in [0.2, 0.25) is 0 Å². The van der Waals surface area contributed by atoms with Gasteiger partial charge in [0, 0.05) is 18.7 Å². The molecule has 3 rings (SSSR count). The molecule has 2 amide bonds. The van der Waals surface area contributed by atoms with Crippen molar-refractivity contribution in [3.05, 3.63) is 29.8 Å². The summed E-state index contributed by atoms with van der Waals surface area (Å²) in [6, 6.07) is 7.26. The van der Waals surface area contributed by atoms with E-state index in [1.54, 1.807) is 12.1 Å². The summed E-state index contributed by atoms with van der Waals surface area (Å²) in [5.41, 5.74) is 1.12. The van der Waals surface area contributed by atoms with Gasteiger partial charge in [-0.3, -0.25) is 0 Å². The number of benzene rings is 1. The first-order valence-electron chi connectivity index (χ1n) is 9.04. The lowest BCUT2D eigenvalue weighted by Gasteiger charge is -2.38. The number of aromatic hydroxyl groups is 1. The van der Waals surface area contributed by atoms with Crippen LogP contribution in [0.1, 0.15) is 51.0 Å². The van der Waals surface area contributed by atoms with E-state index in [1.807, 2.05) is 19.1 Å². The predicted molar refractivity (Wildman–Crippen MR) is 93.1 cm³/mol. The Balaban J connectivity index is 1.45. The molecule has 0 radical (unpaired) electrons. The topological polar surface area (TPSA) is 70.6 Å². The molecule has 1 heterocycles. The average molecular weight is 332 g/mol. The van der Waals surface area contributed by atoms with Crippen molar-refractivity contribution in [1.29, 1.82) is 0 Å². The quantitative estimate of drug-likeness (QED) is 0.793. The highest BCUT2D eigenvalue weighted by molar-refractivity contribution is 5.74. The van der Waals surface area contributed by atoms with Crippen molar-refractivity contribution in [2.75, 3.05) is 6.61 Å². The van der Waals surface area contributed by atoms with E-state index in [-0.39, 0.29) is 29.5 Å². The fourth-order valence-corrected chi connectivity index (χ4v) is 4.01. The van der Waals surface area contributed by atoms with Crippen molar-refractivity contribution in [1.82, 2.24) is 10.6 Å². The molecule has 2 atom stereocenters. The molecule has 24 heavy (non-hydrogen) atoms. The summed E-state index contributed by atoms with van der Waals surface area (Å²) in [4.78, 5) is 12.3. The zero-order valence-corrected chi connectivity index (χ0v) is 14.4. The molecule has 1 aliphatic carbocycles. The molecule has 1 spiro atoms. The number of hydrogen-bond donors (Lipinski definition) is 3. The molecule has 2 fully saturated rings. The van der Waals surface area contributed by atoms with Crippen LogP contribution in [-0.4, -0.2) is 35.4 Å². The maximum atomic E-state index is 12.3. The Kier molecular flexibility index (Phi) is 5.29. The highest BCUT2D eigenvalue weighted by Crippen LogP contribution is 2.39. The van der Waals surface area contributed by atoms with E-state index in [1.165, 1.54) is 12.8 Å². The van der Waals surface area contributed by atoms with Gasteiger partial charge in [-0.15, -0.1) is 0 Å². The number of phenolic OH excluding ortho intramolecular Hbond substituents is 1. The smallest absolute Gasteiger partial charge is 0.315 e. The Labute approximate surface area is 143 Å². The number of amides is 2. The van der Waals surface area contributed by atoms with Gasteiger partial charge in [-0.05, 0) is 56.7 Å². The van der Waals surface area contributed by atoms with Crippen LogP contribution in [0.3, 0.4) is 0 Å². The molecule has 5 heteroatoms. The van der Waals surface area contributed by atoms with Crippen molar-refractivity contribution in [3.63, 3.8) is 0 Å². The number of carbonyl (C=O) groups excluding carboxylic acids is 1. The SMILES string of the molecule is CC(Cc1ccc(O)cc1)NC(=O)NC1CCOC2(CCCC2)C1. The Morgan fingerprint density at radius 1 is 1.33 bits per heavy atom. The molecule has 1 aromatic rings. The van der Waals surface area contributed by atoms with Gasteiger partial charge in [0.25, 0.3) is 0 Å². The van der Waals surface area contributed by atoms with Gasteiger partial charge in [0.15, 0.2) is 0 Å². The second-order valence-corrected chi connectivity index (χ2v) is 7.32. The van der Waals surface area contributed by atoms with Crippen molar-refractivity contribution < 1.29 is 14.6 Å². The summed E-state index contributed by atoms with van der Waals surface area (Å²) in [5, 5.41) is 15.5. The van der Waals surface area contributed by atoms with Gasteiger partial charge in [0.05, 0.1) is 5.60 Å². The zero-order valence-electron chi connectivity index (χ0n) is 14.4. The van der Waals surface area contributed by atoms with Gasteiger partial charge in [-0.25, -0.2) is 4.79 Å². The Morgan fingerprint density at radius 3 is 2.75 bits per heavy atom. The summed E-state index contributed by atoms with van der Waals surface area (Å²) in [7, 11) is 0. The number of hydrogen-bond acceptors (Lipinski definition) is 3. The normalized spacial score (nSPS) is 23.8. The summed E-state index contributed by atoms with van der Waals surface area (Å²) in [5.74, 6) is 0.262. The number of nitrogens with one attached hydrogen (secondary N) is 2. The maximum Gasteiger partial charge on any atom is 0.315 e. The molecule has 2 unspecified atom stereocenters. The number of ether oxygens (including phenoxy) is 1. The molecule has 1 saturated carbocycles. The van der Waals surface area contributed by atoms with Gasteiger partial charge in [0.1, 0.15) is 5.75 Å². The van der Waals surface area contributed by atoms with Crippen LogP contribution in [0, 0.1) is 0 Å². The Morgan fingerprint density at radius 2 is 2.04 bits per heavy atom. The largest absolute Gasteiger partial charge is 0.508 e. The van der Waals surface area contributed by atoms with Crippen LogP contribution < -0.4 is 10.6 Å². The van der Waals surface area contributed by atoms with Crippen molar-refractivity contribution in [3.8, 4) is 5.75 Å². The fraction of sp³-hybridized carbons (Fsp3) is 0.632. The van der Waals surface area contributed by atoms with E-state index in [0.717, 1.165) is 44.3 Å². The third-order valence-electron chi connectivity index (χ3n) is 5.20. The van der Waals surface area contributed by atoms with Gasteiger partial charge in [-0.1, -0.05) is 25.0 Å². The summed E-state index contributed by atoms with van der Waals surface area (Å²) in [6.45, 7) is 2.74. The lowest BCUT2D eigenvalue weighted by molar-refractivity contribution is -0.0820. The van der Waals surface area contributed by atoms with Crippen LogP contribution in [0.4, 0.5) is 4.79 Å². The van der Waals surface area contributed by atoms with E-state index in [2.05, 4.69) is 10.6 Å². The number of carbonyl (C=O) groups is 1. The standard InChI is InChI=1S/C19H28N2O3/c1-14(12-15-4-6-17(22)7-5-15)20-18(23)21-16-8-11-24-19(13-16)9-2-3-10-19/h4-7,14,16,22H,2-3,8-13H2,1H3,(H2,20,21,23). The number of urea groups is 1. The molecule has 0 bridgehead atoms. The van der Waals surface area contributed by atoms with Crippen LogP contribution in [0.5, 0.6) is 5.75 Å². The Hall–Kier alpha value is -1.75. The fourth-order valence-electron chi connectivity index (χ4n) is 4.01. The molecule has 1 saturated heterocycles. The lowest BCUT2D eigenvalue weighted by Crippen LogP contribution is -2.51. The monoisotopic (exact) mass is 332 g/mol. The number of phenols is 1. The molecule has 2 aliphatic rings. The minimum absolute atomic E-state index is 0.0217. The third kappa shape index (κ3) is 4.41. The molecule has 5 nitrogen and oxygen atoms in total. The molecule has 0 aromatic heterocycles. The first kappa shape index (κ1) is 17.1. The van der Waals surface area contributed by atoms with Crippen LogP contribution >= 0.6 is 0 Å². The summed E-state index contributed by atoms with van der Waals surface area (Å²) < 4.78 is 6.02. The second kappa shape index (κ2) is 7.43. The van der Waals surface area contributed by atoms with E-state index >= 15 is 0 Å². The lowest BCUT2D eigenvalue weighted by atomic mass is 9.89. The van der Waals surface area contributed by atoms with Gasteiger partial charge in [-0.2, -0.15) is 0 Å².